The van der Waals surface area contributed by atoms with Crippen molar-refractivity contribution in [2.75, 3.05) is 18.0 Å². The molecular formula is C17H20BrFN2. The number of halogens is 2. The van der Waals surface area contributed by atoms with E-state index in [9.17, 15) is 4.39 Å². The summed E-state index contributed by atoms with van der Waals surface area (Å²) in [7, 11) is 0. The Morgan fingerprint density at radius 1 is 1.19 bits per heavy atom. The maximum Gasteiger partial charge on any atom is 0.137 e. The molecule has 112 valence electrons. The number of aryl methyl sites for hydroxylation is 1. The summed E-state index contributed by atoms with van der Waals surface area (Å²) < 4.78 is 13.9. The number of nitrogens with zero attached hydrogens (tertiary/aromatic N) is 1. The van der Waals surface area contributed by atoms with E-state index in [0.29, 0.717) is 11.0 Å². The topological polar surface area (TPSA) is 29.3 Å². The van der Waals surface area contributed by atoms with E-state index in [1.807, 2.05) is 6.07 Å². The van der Waals surface area contributed by atoms with Crippen LogP contribution in [0.2, 0.25) is 0 Å². The number of benzene rings is 2. The summed E-state index contributed by atoms with van der Waals surface area (Å²) in [5.74, 6) is -0.257. The van der Waals surface area contributed by atoms with Crippen molar-refractivity contribution in [3.05, 3.63) is 63.9 Å². The van der Waals surface area contributed by atoms with Crippen molar-refractivity contribution in [1.29, 1.82) is 0 Å². The van der Waals surface area contributed by atoms with Crippen LogP contribution in [-0.4, -0.2) is 13.1 Å². The third kappa shape index (κ3) is 3.63. The lowest BCUT2D eigenvalue weighted by atomic mass is 10.0. The van der Waals surface area contributed by atoms with Crippen LogP contribution in [0.1, 0.15) is 24.1 Å². The standard InChI is InChI=1S/C17H20BrFN2/c1-3-21(14-7-4-12(2)5-8-14)17(11-20)13-6-9-16(19)15(18)10-13/h4-10,17H,3,11,20H2,1-2H3. The zero-order valence-corrected chi connectivity index (χ0v) is 13.9. The highest BCUT2D eigenvalue weighted by atomic mass is 79.9. The van der Waals surface area contributed by atoms with Gasteiger partial charge in [0.05, 0.1) is 10.5 Å². The highest BCUT2D eigenvalue weighted by molar-refractivity contribution is 9.10. The maximum atomic E-state index is 13.4. The van der Waals surface area contributed by atoms with Crippen molar-refractivity contribution >= 4 is 21.6 Å². The molecule has 2 rings (SSSR count). The molecule has 0 aliphatic heterocycles. The second-order valence-electron chi connectivity index (χ2n) is 5.05. The molecule has 0 aliphatic rings. The lowest BCUT2D eigenvalue weighted by Gasteiger charge is -2.32. The molecule has 0 saturated heterocycles. The van der Waals surface area contributed by atoms with Crippen LogP contribution in [0.25, 0.3) is 0 Å². The SMILES string of the molecule is CCN(c1ccc(C)cc1)C(CN)c1ccc(F)c(Br)c1. The Kier molecular flexibility index (Phi) is 5.37. The molecule has 0 heterocycles. The van der Waals surface area contributed by atoms with E-state index >= 15 is 0 Å². The van der Waals surface area contributed by atoms with E-state index in [1.165, 1.54) is 11.6 Å². The molecule has 0 spiro atoms. The summed E-state index contributed by atoms with van der Waals surface area (Å²) >= 11 is 3.25. The van der Waals surface area contributed by atoms with Gasteiger partial charge in [-0.2, -0.15) is 0 Å². The Morgan fingerprint density at radius 3 is 2.38 bits per heavy atom. The van der Waals surface area contributed by atoms with Crippen molar-refractivity contribution in [3.63, 3.8) is 0 Å². The smallest absolute Gasteiger partial charge is 0.137 e. The molecule has 21 heavy (non-hydrogen) atoms. The van der Waals surface area contributed by atoms with Gasteiger partial charge < -0.3 is 10.6 Å². The summed E-state index contributed by atoms with van der Waals surface area (Å²) in [6.07, 6.45) is 0. The monoisotopic (exact) mass is 350 g/mol. The maximum absolute atomic E-state index is 13.4. The number of nitrogens with two attached hydrogens (primary N) is 1. The Balaban J connectivity index is 2.36. The minimum atomic E-state index is -0.257. The van der Waals surface area contributed by atoms with E-state index in [1.54, 1.807) is 6.07 Å². The molecule has 2 nitrogen and oxygen atoms in total. The van der Waals surface area contributed by atoms with Gasteiger partial charge in [0.2, 0.25) is 0 Å². The van der Waals surface area contributed by atoms with Crippen LogP contribution in [0.15, 0.2) is 46.9 Å². The van der Waals surface area contributed by atoms with Crippen molar-refractivity contribution < 1.29 is 4.39 Å². The molecule has 0 fully saturated rings. The molecule has 0 aromatic heterocycles. The van der Waals surface area contributed by atoms with Crippen LogP contribution in [0.3, 0.4) is 0 Å². The van der Waals surface area contributed by atoms with E-state index in [2.05, 4.69) is 58.9 Å². The van der Waals surface area contributed by atoms with Crippen LogP contribution < -0.4 is 10.6 Å². The van der Waals surface area contributed by atoms with E-state index < -0.39 is 0 Å². The zero-order chi connectivity index (χ0) is 15.4. The van der Waals surface area contributed by atoms with Gasteiger partial charge in [-0.1, -0.05) is 23.8 Å². The number of rotatable bonds is 5. The van der Waals surface area contributed by atoms with Crippen molar-refractivity contribution in [2.45, 2.75) is 19.9 Å². The van der Waals surface area contributed by atoms with Crippen LogP contribution in [-0.2, 0) is 0 Å². The average molecular weight is 351 g/mol. The summed E-state index contributed by atoms with van der Waals surface area (Å²) in [4.78, 5) is 2.24. The molecule has 1 atom stereocenters. The van der Waals surface area contributed by atoms with Crippen molar-refractivity contribution in [2.24, 2.45) is 5.73 Å². The Morgan fingerprint density at radius 2 is 1.86 bits per heavy atom. The van der Waals surface area contributed by atoms with Crippen molar-refractivity contribution in [1.82, 2.24) is 0 Å². The van der Waals surface area contributed by atoms with Gasteiger partial charge >= 0.3 is 0 Å². The fourth-order valence-corrected chi connectivity index (χ4v) is 2.88. The highest BCUT2D eigenvalue weighted by Gasteiger charge is 2.19. The van der Waals surface area contributed by atoms with Gasteiger partial charge in [0.15, 0.2) is 0 Å². The predicted molar refractivity (Wildman–Crippen MR) is 90.1 cm³/mol. The van der Waals surface area contributed by atoms with E-state index in [0.717, 1.165) is 17.8 Å². The van der Waals surface area contributed by atoms with E-state index in [4.69, 9.17) is 5.73 Å². The quantitative estimate of drug-likeness (QED) is 0.864. The number of hydrogen-bond acceptors (Lipinski definition) is 2. The zero-order valence-electron chi connectivity index (χ0n) is 12.3. The normalized spacial score (nSPS) is 12.2. The number of likely N-dealkylation sites (N-methyl/N-ethyl adjacent to an activating group) is 1. The molecule has 0 saturated carbocycles. The molecule has 2 aromatic rings. The van der Waals surface area contributed by atoms with Crippen molar-refractivity contribution in [3.8, 4) is 0 Å². The van der Waals surface area contributed by atoms with Crippen LogP contribution in [0.5, 0.6) is 0 Å². The van der Waals surface area contributed by atoms with Gasteiger partial charge in [0.25, 0.3) is 0 Å². The van der Waals surface area contributed by atoms with Gasteiger partial charge in [0, 0.05) is 18.8 Å². The first kappa shape index (κ1) is 16.0. The second-order valence-corrected chi connectivity index (χ2v) is 5.90. The molecule has 1 unspecified atom stereocenters. The fourth-order valence-electron chi connectivity index (χ4n) is 2.48. The minimum absolute atomic E-state index is 0.0228. The third-order valence-corrected chi connectivity index (χ3v) is 4.24. The third-order valence-electron chi connectivity index (χ3n) is 3.63. The molecule has 0 aliphatic carbocycles. The average Bonchev–Trinajstić information content (AvgIpc) is 2.49. The summed E-state index contributed by atoms with van der Waals surface area (Å²) in [5.41, 5.74) is 9.34. The molecule has 0 amide bonds. The van der Waals surface area contributed by atoms with Crippen LogP contribution in [0, 0.1) is 12.7 Å². The molecule has 0 radical (unpaired) electrons. The Bertz CT molecular complexity index is 598. The summed E-state index contributed by atoms with van der Waals surface area (Å²) in [6.45, 7) is 5.47. The highest BCUT2D eigenvalue weighted by Crippen LogP contribution is 2.29. The Hall–Kier alpha value is -1.39. The lowest BCUT2D eigenvalue weighted by molar-refractivity contribution is 0.611. The molecule has 2 N–H and O–H groups in total. The van der Waals surface area contributed by atoms with Gasteiger partial charge in [0.1, 0.15) is 5.82 Å². The molecular weight excluding hydrogens is 331 g/mol. The summed E-state index contributed by atoms with van der Waals surface area (Å²) in [6, 6.07) is 13.5. The Labute approximate surface area is 133 Å². The largest absolute Gasteiger partial charge is 0.363 e. The molecule has 0 bridgehead atoms. The van der Waals surface area contributed by atoms with E-state index in [-0.39, 0.29) is 11.9 Å². The number of anilines is 1. The lowest BCUT2D eigenvalue weighted by Crippen LogP contribution is -2.33. The predicted octanol–water partition coefficient (Wildman–Crippen LogP) is 4.42. The van der Waals surface area contributed by atoms with Crippen LogP contribution in [0.4, 0.5) is 10.1 Å². The van der Waals surface area contributed by atoms with Gasteiger partial charge in [-0.15, -0.1) is 0 Å². The van der Waals surface area contributed by atoms with Gasteiger partial charge in [-0.25, -0.2) is 4.39 Å². The van der Waals surface area contributed by atoms with Gasteiger partial charge in [-0.3, -0.25) is 0 Å². The van der Waals surface area contributed by atoms with Gasteiger partial charge in [-0.05, 0) is 59.6 Å². The molecule has 4 heteroatoms. The first-order valence-electron chi connectivity index (χ1n) is 7.05. The first-order valence-corrected chi connectivity index (χ1v) is 7.84. The minimum Gasteiger partial charge on any atom is -0.363 e. The van der Waals surface area contributed by atoms with Crippen LogP contribution >= 0.6 is 15.9 Å². The second kappa shape index (κ2) is 7.05. The number of hydrogen-bond donors (Lipinski definition) is 1. The molecule has 2 aromatic carbocycles. The first-order chi connectivity index (χ1) is 10.1. The fraction of sp³-hybridized carbons (Fsp3) is 0.294. The summed E-state index contributed by atoms with van der Waals surface area (Å²) in [5, 5.41) is 0.